The van der Waals surface area contributed by atoms with Gasteiger partial charge in [0.05, 0.1) is 0 Å². The number of alkyl halides is 2. The number of hydrogen-bond acceptors (Lipinski definition) is 1. The van der Waals surface area contributed by atoms with Crippen LogP contribution in [0.2, 0.25) is 0 Å². The highest BCUT2D eigenvalue weighted by molar-refractivity contribution is 5.64. The molecule has 2 aromatic rings. The van der Waals surface area contributed by atoms with Crippen LogP contribution in [0, 0.1) is 23.6 Å². The summed E-state index contributed by atoms with van der Waals surface area (Å²) >= 11 is 0. The summed E-state index contributed by atoms with van der Waals surface area (Å²) in [7, 11) is 0. The largest absolute Gasteiger partial charge is 0.432 e. The zero-order chi connectivity index (χ0) is 20.4. The molecular formula is C25H29F3O. The normalized spacial score (nSPS) is 26.9. The van der Waals surface area contributed by atoms with E-state index in [1.165, 1.54) is 62.6 Å². The Morgan fingerprint density at radius 2 is 1.59 bits per heavy atom. The van der Waals surface area contributed by atoms with E-state index in [1.807, 2.05) is 12.1 Å². The van der Waals surface area contributed by atoms with Gasteiger partial charge in [-0.3, -0.25) is 0 Å². The van der Waals surface area contributed by atoms with Crippen molar-refractivity contribution in [2.45, 2.75) is 64.4 Å². The molecule has 156 valence electrons. The third-order valence-electron chi connectivity index (χ3n) is 7.16. The molecule has 2 saturated carbocycles. The molecule has 0 aromatic heterocycles. The average Bonchev–Trinajstić information content (AvgIpc) is 2.74. The fourth-order valence-electron chi connectivity index (χ4n) is 5.48. The molecule has 2 aromatic carbocycles. The van der Waals surface area contributed by atoms with E-state index in [1.54, 1.807) is 6.07 Å². The maximum Gasteiger partial charge on any atom is 0.387 e. The summed E-state index contributed by atoms with van der Waals surface area (Å²) in [6, 6.07) is 12.5. The van der Waals surface area contributed by atoms with Crippen molar-refractivity contribution in [2.75, 3.05) is 0 Å². The molecule has 0 spiro atoms. The fraction of sp³-hybridized carbons (Fsp3) is 0.520. The van der Waals surface area contributed by atoms with Gasteiger partial charge in [0.15, 0.2) is 11.6 Å². The summed E-state index contributed by atoms with van der Waals surface area (Å²) in [6.07, 6.45) is 9.39. The number of hydrogen-bond donors (Lipinski definition) is 0. The van der Waals surface area contributed by atoms with E-state index in [2.05, 4.69) is 23.8 Å². The predicted octanol–water partition coefficient (Wildman–Crippen LogP) is 7.80. The molecule has 0 bridgehead atoms. The maximum absolute atomic E-state index is 14.0. The molecule has 4 unspecified atom stereocenters. The lowest BCUT2D eigenvalue weighted by molar-refractivity contribution is -0.0521. The molecule has 4 heteroatoms. The summed E-state index contributed by atoms with van der Waals surface area (Å²) in [5.41, 5.74) is 2.91. The third-order valence-corrected chi connectivity index (χ3v) is 7.16. The summed E-state index contributed by atoms with van der Waals surface area (Å²) < 4.78 is 42.8. The van der Waals surface area contributed by atoms with Crippen LogP contribution in [0.15, 0.2) is 42.5 Å². The van der Waals surface area contributed by atoms with Gasteiger partial charge in [0, 0.05) is 0 Å². The lowest BCUT2D eigenvalue weighted by atomic mass is 9.63. The van der Waals surface area contributed by atoms with Gasteiger partial charge < -0.3 is 4.74 Å². The standard InChI is InChI=1S/C25H29F3O/c1-2-16-3-4-21-14-20(10-9-19(21)13-16)17-5-7-18(8-6-17)22-11-12-24(23(26)15-22)29-25(27)28/h5-8,11-12,15-16,19-21,25H,2-4,9-10,13-14H2,1H3. The minimum atomic E-state index is -3.03. The van der Waals surface area contributed by atoms with E-state index >= 15 is 0 Å². The van der Waals surface area contributed by atoms with E-state index in [0.29, 0.717) is 11.5 Å². The van der Waals surface area contributed by atoms with Crippen molar-refractivity contribution in [1.82, 2.24) is 0 Å². The first-order valence-electron chi connectivity index (χ1n) is 10.9. The highest BCUT2D eigenvalue weighted by atomic mass is 19.3. The molecule has 0 saturated heterocycles. The van der Waals surface area contributed by atoms with Gasteiger partial charge in [0.1, 0.15) is 0 Å². The van der Waals surface area contributed by atoms with Crippen LogP contribution in [0.25, 0.3) is 11.1 Å². The van der Waals surface area contributed by atoms with Crippen LogP contribution in [0.3, 0.4) is 0 Å². The van der Waals surface area contributed by atoms with Crippen molar-refractivity contribution < 1.29 is 17.9 Å². The van der Waals surface area contributed by atoms with Crippen molar-refractivity contribution in [2.24, 2.45) is 17.8 Å². The van der Waals surface area contributed by atoms with Crippen molar-refractivity contribution in [3.8, 4) is 16.9 Å². The number of benzene rings is 2. The number of ether oxygens (including phenoxy) is 1. The van der Waals surface area contributed by atoms with Crippen LogP contribution in [-0.2, 0) is 0 Å². The third kappa shape index (κ3) is 4.62. The molecule has 0 amide bonds. The van der Waals surface area contributed by atoms with E-state index < -0.39 is 18.2 Å². The molecule has 2 aliphatic rings. The second-order valence-electron chi connectivity index (χ2n) is 8.76. The zero-order valence-corrected chi connectivity index (χ0v) is 16.9. The molecule has 0 heterocycles. The van der Waals surface area contributed by atoms with Gasteiger partial charge >= 0.3 is 6.61 Å². The molecule has 0 N–H and O–H groups in total. The van der Waals surface area contributed by atoms with Gasteiger partial charge in [-0.15, -0.1) is 0 Å². The maximum atomic E-state index is 14.0. The fourth-order valence-corrected chi connectivity index (χ4v) is 5.48. The Labute approximate surface area is 171 Å². The van der Waals surface area contributed by atoms with E-state index in [4.69, 9.17) is 0 Å². The summed E-state index contributed by atoms with van der Waals surface area (Å²) in [5, 5.41) is 0. The molecule has 0 aliphatic heterocycles. The Hall–Kier alpha value is -1.97. The molecule has 2 fully saturated rings. The Bertz CT molecular complexity index is 817. The Balaban J connectivity index is 1.43. The van der Waals surface area contributed by atoms with Crippen LogP contribution in [0.4, 0.5) is 13.2 Å². The van der Waals surface area contributed by atoms with E-state index in [9.17, 15) is 13.2 Å². The van der Waals surface area contributed by atoms with E-state index in [-0.39, 0.29) is 0 Å². The summed E-state index contributed by atoms with van der Waals surface area (Å²) in [5.74, 6) is 2.14. The first kappa shape index (κ1) is 20.3. The highest BCUT2D eigenvalue weighted by Gasteiger charge is 2.35. The number of fused-ring (bicyclic) bond motifs is 1. The zero-order valence-electron chi connectivity index (χ0n) is 16.9. The lowest BCUT2D eigenvalue weighted by Gasteiger charge is -2.42. The molecule has 1 nitrogen and oxygen atoms in total. The minimum Gasteiger partial charge on any atom is -0.432 e. The summed E-state index contributed by atoms with van der Waals surface area (Å²) in [4.78, 5) is 0. The van der Waals surface area contributed by atoms with Crippen molar-refractivity contribution in [3.63, 3.8) is 0 Å². The molecular weight excluding hydrogens is 373 g/mol. The number of rotatable bonds is 5. The minimum absolute atomic E-state index is 0.421. The topological polar surface area (TPSA) is 9.23 Å². The van der Waals surface area contributed by atoms with Crippen molar-refractivity contribution >= 4 is 0 Å². The molecule has 29 heavy (non-hydrogen) atoms. The van der Waals surface area contributed by atoms with Crippen LogP contribution in [-0.4, -0.2) is 6.61 Å². The van der Waals surface area contributed by atoms with Gasteiger partial charge in [-0.2, -0.15) is 8.78 Å². The molecule has 2 aliphatic carbocycles. The predicted molar refractivity (Wildman–Crippen MR) is 110 cm³/mol. The molecule has 0 radical (unpaired) electrons. The average molecular weight is 403 g/mol. The van der Waals surface area contributed by atoms with Gasteiger partial charge in [-0.1, -0.05) is 50.1 Å². The first-order chi connectivity index (χ1) is 14.0. The Kier molecular flexibility index (Phi) is 6.17. The second kappa shape index (κ2) is 8.81. The van der Waals surface area contributed by atoms with Crippen molar-refractivity contribution in [3.05, 3.63) is 53.8 Å². The molecule has 4 rings (SSSR count). The van der Waals surface area contributed by atoms with Gasteiger partial charge in [-0.25, -0.2) is 4.39 Å². The Morgan fingerprint density at radius 1 is 0.897 bits per heavy atom. The SMILES string of the molecule is CCC1CCC2CC(c3ccc(-c4ccc(OC(F)F)c(F)c4)cc3)CCC2C1. The second-order valence-corrected chi connectivity index (χ2v) is 8.76. The first-order valence-corrected chi connectivity index (χ1v) is 10.9. The van der Waals surface area contributed by atoms with Gasteiger partial charge in [0.25, 0.3) is 0 Å². The summed E-state index contributed by atoms with van der Waals surface area (Å²) in [6.45, 7) is -0.703. The quantitative estimate of drug-likeness (QED) is 0.496. The lowest BCUT2D eigenvalue weighted by Crippen LogP contribution is -2.30. The Morgan fingerprint density at radius 3 is 2.28 bits per heavy atom. The number of halogens is 3. The van der Waals surface area contributed by atoms with Crippen LogP contribution >= 0.6 is 0 Å². The smallest absolute Gasteiger partial charge is 0.387 e. The van der Waals surface area contributed by atoms with Gasteiger partial charge in [0.2, 0.25) is 0 Å². The van der Waals surface area contributed by atoms with Crippen LogP contribution in [0.1, 0.15) is 63.4 Å². The van der Waals surface area contributed by atoms with Gasteiger partial charge in [-0.05, 0) is 84.6 Å². The van der Waals surface area contributed by atoms with Crippen molar-refractivity contribution in [1.29, 1.82) is 0 Å². The van der Waals surface area contributed by atoms with Crippen LogP contribution in [0.5, 0.6) is 5.75 Å². The van der Waals surface area contributed by atoms with Crippen LogP contribution < -0.4 is 4.74 Å². The monoisotopic (exact) mass is 402 g/mol. The molecule has 4 atom stereocenters. The van der Waals surface area contributed by atoms with E-state index in [0.717, 1.165) is 23.3 Å². The highest BCUT2D eigenvalue weighted by Crippen LogP contribution is 2.48.